The molecule has 0 heterocycles. The summed E-state index contributed by atoms with van der Waals surface area (Å²) in [6.45, 7) is -0.643. The van der Waals surface area contributed by atoms with Crippen molar-refractivity contribution in [3.8, 4) is 0 Å². The minimum absolute atomic E-state index is 0.118. The van der Waals surface area contributed by atoms with E-state index >= 15 is 0 Å². The van der Waals surface area contributed by atoms with E-state index in [1.54, 1.807) is 0 Å². The van der Waals surface area contributed by atoms with E-state index in [1.165, 1.54) is 0 Å². The molecule has 0 bridgehead atoms. The summed E-state index contributed by atoms with van der Waals surface area (Å²) in [5, 5.41) is 12.6. The third-order valence-corrected chi connectivity index (χ3v) is 2.27. The maximum Gasteiger partial charge on any atom is 0.305 e. The second-order valence-corrected chi connectivity index (χ2v) is 3.79. The molecule has 8 nitrogen and oxygen atoms in total. The Bertz CT molecular complexity index is 579. The maximum atomic E-state index is 13.7. The van der Waals surface area contributed by atoms with E-state index in [4.69, 9.17) is 10.5 Å². The van der Waals surface area contributed by atoms with Gasteiger partial charge in [0.15, 0.2) is 0 Å². The fourth-order valence-electron chi connectivity index (χ4n) is 1.39. The normalized spacial score (nSPS) is 10.2. The number of nitrogens with one attached hydrogen (secondary N) is 1. The van der Waals surface area contributed by atoms with E-state index in [9.17, 15) is 28.5 Å². The molecular weight excluding hydrogens is 292 g/mol. The SMILES string of the molecule is NC(=O)COCCNC(=O)c1c(F)ccc([N+](=O)[O-])c1F. The molecule has 1 aromatic carbocycles. The number of nitro groups is 1. The van der Waals surface area contributed by atoms with Gasteiger partial charge in [0.25, 0.3) is 5.91 Å². The molecule has 0 aromatic heterocycles. The number of nitro benzene ring substituents is 1. The van der Waals surface area contributed by atoms with Gasteiger partial charge in [0.2, 0.25) is 11.7 Å². The zero-order valence-corrected chi connectivity index (χ0v) is 10.6. The number of amides is 2. The summed E-state index contributed by atoms with van der Waals surface area (Å²) in [5.74, 6) is -4.67. The van der Waals surface area contributed by atoms with Gasteiger partial charge in [-0.2, -0.15) is 4.39 Å². The molecule has 0 saturated carbocycles. The Labute approximate surface area is 117 Å². The molecule has 114 valence electrons. The lowest BCUT2D eigenvalue weighted by Gasteiger charge is -2.07. The van der Waals surface area contributed by atoms with Crippen molar-refractivity contribution in [1.82, 2.24) is 5.32 Å². The second-order valence-electron chi connectivity index (χ2n) is 3.79. The molecule has 0 spiro atoms. The van der Waals surface area contributed by atoms with Crippen LogP contribution < -0.4 is 11.1 Å². The molecule has 0 aliphatic heterocycles. The molecule has 2 amide bonds. The van der Waals surface area contributed by atoms with Crippen molar-refractivity contribution in [2.24, 2.45) is 5.73 Å². The highest BCUT2D eigenvalue weighted by Crippen LogP contribution is 2.22. The van der Waals surface area contributed by atoms with Crippen LogP contribution in [0.25, 0.3) is 0 Å². The van der Waals surface area contributed by atoms with Gasteiger partial charge in [0.1, 0.15) is 18.0 Å². The molecule has 0 atom stereocenters. The highest BCUT2D eigenvalue weighted by molar-refractivity contribution is 5.95. The topological polar surface area (TPSA) is 125 Å². The van der Waals surface area contributed by atoms with Gasteiger partial charge in [0.05, 0.1) is 11.5 Å². The van der Waals surface area contributed by atoms with Gasteiger partial charge in [-0.15, -0.1) is 0 Å². The van der Waals surface area contributed by atoms with Crippen LogP contribution in [-0.2, 0) is 9.53 Å². The van der Waals surface area contributed by atoms with Crippen molar-refractivity contribution in [3.05, 3.63) is 39.4 Å². The van der Waals surface area contributed by atoms with Crippen LogP contribution in [0.4, 0.5) is 14.5 Å². The molecule has 0 unspecified atom stereocenters. The largest absolute Gasteiger partial charge is 0.370 e. The van der Waals surface area contributed by atoms with E-state index in [0.29, 0.717) is 12.1 Å². The Morgan fingerprint density at radius 2 is 2.05 bits per heavy atom. The lowest BCUT2D eigenvalue weighted by Crippen LogP contribution is -2.30. The smallest absolute Gasteiger partial charge is 0.305 e. The number of carbonyl (C=O) groups excluding carboxylic acids is 2. The summed E-state index contributed by atoms with van der Waals surface area (Å²) in [5.41, 5.74) is 2.73. The predicted molar refractivity (Wildman–Crippen MR) is 65.4 cm³/mol. The fraction of sp³-hybridized carbons (Fsp3) is 0.273. The average Bonchev–Trinajstić information content (AvgIpc) is 2.37. The van der Waals surface area contributed by atoms with Crippen LogP contribution in [0.3, 0.4) is 0 Å². The zero-order chi connectivity index (χ0) is 16.0. The highest BCUT2D eigenvalue weighted by Gasteiger charge is 2.25. The third kappa shape index (κ3) is 4.45. The summed E-state index contributed by atoms with van der Waals surface area (Å²) < 4.78 is 31.8. The molecule has 0 aliphatic carbocycles. The van der Waals surface area contributed by atoms with Gasteiger partial charge in [-0.05, 0) is 6.07 Å². The number of nitrogens with zero attached hydrogens (tertiary/aromatic N) is 1. The average molecular weight is 303 g/mol. The van der Waals surface area contributed by atoms with Gasteiger partial charge in [-0.25, -0.2) is 4.39 Å². The number of nitrogens with two attached hydrogens (primary N) is 1. The first kappa shape index (κ1) is 16.4. The Morgan fingerprint density at radius 1 is 1.38 bits per heavy atom. The summed E-state index contributed by atoms with van der Waals surface area (Å²) in [6.07, 6.45) is 0. The number of ether oxygens (including phenoxy) is 1. The van der Waals surface area contributed by atoms with E-state index in [2.05, 4.69) is 5.32 Å². The Balaban J connectivity index is 2.72. The van der Waals surface area contributed by atoms with Crippen LogP contribution in [0.1, 0.15) is 10.4 Å². The summed E-state index contributed by atoms with van der Waals surface area (Å²) in [7, 11) is 0. The number of benzene rings is 1. The first-order valence-corrected chi connectivity index (χ1v) is 5.61. The van der Waals surface area contributed by atoms with E-state index < -0.39 is 39.6 Å². The lowest BCUT2D eigenvalue weighted by molar-refractivity contribution is -0.387. The van der Waals surface area contributed by atoms with Gasteiger partial charge in [-0.1, -0.05) is 0 Å². The van der Waals surface area contributed by atoms with Gasteiger partial charge < -0.3 is 15.8 Å². The number of rotatable bonds is 7. The molecule has 0 fully saturated rings. The van der Waals surface area contributed by atoms with Crippen molar-refractivity contribution >= 4 is 17.5 Å². The number of carbonyl (C=O) groups is 2. The van der Waals surface area contributed by atoms with Gasteiger partial charge in [-0.3, -0.25) is 19.7 Å². The van der Waals surface area contributed by atoms with Crippen LogP contribution in [0.2, 0.25) is 0 Å². The number of hydrogen-bond acceptors (Lipinski definition) is 5. The summed E-state index contributed by atoms with van der Waals surface area (Å²) >= 11 is 0. The zero-order valence-electron chi connectivity index (χ0n) is 10.6. The molecule has 1 rings (SSSR count). The lowest BCUT2D eigenvalue weighted by atomic mass is 10.1. The minimum Gasteiger partial charge on any atom is -0.370 e. The van der Waals surface area contributed by atoms with Crippen molar-refractivity contribution < 1.29 is 28.0 Å². The van der Waals surface area contributed by atoms with Crippen molar-refractivity contribution in [2.45, 2.75) is 0 Å². The first-order valence-electron chi connectivity index (χ1n) is 5.61. The molecule has 1 aromatic rings. The molecule has 21 heavy (non-hydrogen) atoms. The minimum atomic E-state index is -1.56. The fourth-order valence-corrected chi connectivity index (χ4v) is 1.39. The van der Waals surface area contributed by atoms with Gasteiger partial charge >= 0.3 is 5.69 Å². The van der Waals surface area contributed by atoms with Crippen LogP contribution in [0.5, 0.6) is 0 Å². The molecule has 10 heteroatoms. The summed E-state index contributed by atoms with van der Waals surface area (Å²) in [6, 6.07) is 1.25. The second kappa shape index (κ2) is 7.24. The predicted octanol–water partition coefficient (Wildman–Crippen LogP) is 0.105. The quantitative estimate of drug-likeness (QED) is 0.420. The summed E-state index contributed by atoms with van der Waals surface area (Å²) in [4.78, 5) is 31.4. The first-order chi connectivity index (χ1) is 9.84. The number of primary amides is 1. The number of halogens is 2. The number of hydrogen-bond donors (Lipinski definition) is 2. The Morgan fingerprint density at radius 3 is 2.62 bits per heavy atom. The van der Waals surface area contributed by atoms with Crippen molar-refractivity contribution in [3.63, 3.8) is 0 Å². The molecule has 3 N–H and O–H groups in total. The monoisotopic (exact) mass is 303 g/mol. The van der Waals surface area contributed by atoms with Crippen LogP contribution >= 0.6 is 0 Å². The standard InChI is InChI=1S/C11H11F2N3O5/c12-6-1-2-7(16(19)20)10(13)9(6)11(18)15-3-4-21-5-8(14)17/h1-2H,3-5H2,(H2,14,17)(H,15,18). The van der Waals surface area contributed by atoms with Crippen LogP contribution in [-0.4, -0.2) is 36.5 Å². The maximum absolute atomic E-state index is 13.7. The van der Waals surface area contributed by atoms with Crippen molar-refractivity contribution in [1.29, 1.82) is 0 Å². The van der Waals surface area contributed by atoms with Crippen molar-refractivity contribution in [2.75, 3.05) is 19.8 Å². The van der Waals surface area contributed by atoms with Gasteiger partial charge in [0, 0.05) is 12.6 Å². The Hall–Kier alpha value is -2.62. The van der Waals surface area contributed by atoms with E-state index in [0.717, 1.165) is 0 Å². The molecular formula is C11H11F2N3O5. The molecule has 0 saturated heterocycles. The molecule has 0 aliphatic rings. The highest BCUT2D eigenvalue weighted by atomic mass is 19.1. The van der Waals surface area contributed by atoms with Crippen LogP contribution in [0, 0.1) is 21.7 Å². The van der Waals surface area contributed by atoms with Crippen LogP contribution in [0.15, 0.2) is 12.1 Å². The third-order valence-electron chi connectivity index (χ3n) is 2.27. The molecule has 0 radical (unpaired) electrons. The van der Waals surface area contributed by atoms with E-state index in [1.807, 2.05) is 0 Å². The van der Waals surface area contributed by atoms with E-state index in [-0.39, 0.29) is 19.8 Å². The Kier molecular flexibility index (Phi) is 5.67.